The van der Waals surface area contributed by atoms with Crippen LogP contribution in [0.25, 0.3) is 0 Å². The molecular weight excluding hydrogens is 202 g/mol. The van der Waals surface area contributed by atoms with Gasteiger partial charge in [-0.15, -0.1) is 0 Å². The number of hydrogen-bond donors (Lipinski definition) is 1. The first-order chi connectivity index (χ1) is 7.53. The number of aryl methyl sites for hydroxylation is 1. The topological polar surface area (TPSA) is 39.1 Å². The number of nitrogens with zero attached hydrogens (tertiary/aromatic N) is 2. The van der Waals surface area contributed by atoms with Crippen molar-refractivity contribution in [2.45, 2.75) is 26.8 Å². The van der Waals surface area contributed by atoms with E-state index in [1.165, 1.54) is 5.56 Å². The van der Waals surface area contributed by atoms with Gasteiger partial charge in [0.15, 0.2) is 0 Å². The Morgan fingerprint density at radius 2 is 2.25 bits per heavy atom. The number of ether oxygens (including phenoxy) is 1. The van der Waals surface area contributed by atoms with Gasteiger partial charge in [-0.3, -0.25) is 4.68 Å². The molecule has 1 rings (SSSR count). The Balaban J connectivity index is 2.24. The Kier molecular flexibility index (Phi) is 4.96. The summed E-state index contributed by atoms with van der Waals surface area (Å²) in [4.78, 5) is 0. The van der Waals surface area contributed by atoms with E-state index < -0.39 is 0 Å². The number of rotatable bonds is 7. The van der Waals surface area contributed by atoms with Gasteiger partial charge in [-0.05, 0) is 11.8 Å². The van der Waals surface area contributed by atoms with Crippen molar-refractivity contribution in [1.82, 2.24) is 15.1 Å². The Labute approximate surface area is 98.0 Å². The molecule has 1 N–H and O–H groups in total. The number of nitrogens with one attached hydrogen (secondary N) is 1. The molecule has 0 aliphatic rings. The Bertz CT molecular complexity index is 307. The normalized spacial score (nSPS) is 12.0. The second-order valence-corrected chi connectivity index (χ2v) is 5.03. The lowest BCUT2D eigenvalue weighted by Crippen LogP contribution is -2.30. The molecule has 1 aromatic rings. The van der Waals surface area contributed by atoms with E-state index in [0.717, 1.165) is 26.1 Å². The molecule has 0 unspecified atom stereocenters. The molecular formula is C12H23N3O. The van der Waals surface area contributed by atoms with Crippen LogP contribution in [0, 0.1) is 5.41 Å². The molecule has 0 saturated heterocycles. The highest BCUT2D eigenvalue weighted by molar-refractivity contribution is 5.02. The number of aromatic nitrogens is 2. The maximum atomic E-state index is 5.10. The summed E-state index contributed by atoms with van der Waals surface area (Å²) < 4.78 is 6.93. The SMILES string of the molecule is COCCC(C)(C)CNCc1cnn(C)c1. The van der Waals surface area contributed by atoms with Crippen LogP contribution < -0.4 is 5.32 Å². The van der Waals surface area contributed by atoms with Crippen molar-refractivity contribution in [2.75, 3.05) is 20.3 Å². The van der Waals surface area contributed by atoms with Crippen LogP contribution in [-0.4, -0.2) is 30.0 Å². The highest BCUT2D eigenvalue weighted by Gasteiger charge is 2.16. The molecule has 0 amide bonds. The van der Waals surface area contributed by atoms with Crippen molar-refractivity contribution in [3.63, 3.8) is 0 Å². The molecule has 1 aromatic heterocycles. The van der Waals surface area contributed by atoms with Crippen molar-refractivity contribution in [3.05, 3.63) is 18.0 Å². The van der Waals surface area contributed by atoms with Crippen molar-refractivity contribution in [1.29, 1.82) is 0 Å². The second-order valence-electron chi connectivity index (χ2n) is 5.03. The minimum absolute atomic E-state index is 0.276. The minimum Gasteiger partial charge on any atom is -0.385 e. The van der Waals surface area contributed by atoms with Gasteiger partial charge in [0.25, 0.3) is 0 Å². The summed E-state index contributed by atoms with van der Waals surface area (Å²) in [6.07, 6.45) is 5.01. The van der Waals surface area contributed by atoms with Crippen LogP contribution in [0.4, 0.5) is 0 Å². The van der Waals surface area contributed by atoms with Crippen molar-refractivity contribution in [3.8, 4) is 0 Å². The fourth-order valence-electron chi connectivity index (χ4n) is 1.58. The minimum atomic E-state index is 0.276. The highest BCUT2D eigenvalue weighted by atomic mass is 16.5. The van der Waals surface area contributed by atoms with E-state index in [4.69, 9.17) is 4.74 Å². The van der Waals surface area contributed by atoms with Crippen LogP contribution in [0.3, 0.4) is 0 Å². The molecule has 16 heavy (non-hydrogen) atoms. The van der Waals surface area contributed by atoms with E-state index in [0.29, 0.717) is 0 Å². The van der Waals surface area contributed by atoms with E-state index in [9.17, 15) is 0 Å². The molecule has 0 spiro atoms. The van der Waals surface area contributed by atoms with Gasteiger partial charge < -0.3 is 10.1 Å². The number of methoxy groups -OCH3 is 1. The number of hydrogen-bond acceptors (Lipinski definition) is 3. The summed E-state index contributed by atoms with van der Waals surface area (Å²) >= 11 is 0. The fraction of sp³-hybridized carbons (Fsp3) is 0.750. The summed E-state index contributed by atoms with van der Waals surface area (Å²) in [5.41, 5.74) is 1.50. The van der Waals surface area contributed by atoms with Gasteiger partial charge in [0.1, 0.15) is 0 Å². The molecule has 4 heteroatoms. The molecule has 0 radical (unpaired) electrons. The Morgan fingerprint density at radius 3 is 2.81 bits per heavy atom. The van der Waals surface area contributed by atoms with Gasteiger partial charge in [-0.1, -0.05) is 13.8 Å². The lowest BCUT2D eigenvalue weighted by molar-refractivity contribution is 0.150. The second kappa shape index (κ2) is 6.01. The Hall–Kier alpha value is -0.870. The third-order valence-electron chi connectivity index (χ3n) is 2.67. The molecule has 4 nitrogen and oxygen atoms in total. The molecule has 0 fully saturated rings. The maximum absolute atomic E-state index is 5.10. The largest absolute Gasteiger partial charge is 0.385 e. The first-order valence-electron chi connectivity index (χ1n) is 5.71. The van der Waals surface area contributed by atoms with E-state index in [1.54, 1.807) is 7.11 Å². The zero-order chi connectivity index (χ0) is 12.0. The molecule has 1 heterocycles. The van der Waals surface area contributed by atoms with Crippen molar-refractivity contribution < 1.29 is 4.74 Å². The van der Waals surface area contributed by atoms with Gasteiger partial charge in [0.2, 0.25) is 0 Å². The van der Waals surface area contributed by atoms with E-state index in [2.05, 4.69) is 24.3 Å². The zero-order valence-corrected chi connectivity index (χ0v) is 10.8. The van der Waals surface area contributed by atoms with E-state index in [-0.39, 0.29) is 5.41 Å². The van der Waals surface area contributed by atoms with Crippen molar-refractivity contribution >= 4 is 0 Å². The first-order valence-corrected chi connectivity index (χ1v) is 5.71. The molecule has 0 aromatic carbocycles. The summed E-state index contributed by atoms with van der Waals surface area (Å²) in [6, 6.07) is 0. The standard InChI is InChI=1S/C12H23N3O/c1-12(2,5-6-16-4)10-13-7-11-8-14-15(3)9-11/h8-9,13H,5-7,10H2,1-4H3. The zero-order valence-electron chi connectivity index (χ0n) is 10.8. The molecule has 0 atom stereocenters. The van der Waals surface area contributed by atoms with Gasteiger partial charge in [-0.25, -0.2) is 0 Å². The highest BCUT2D eigenvalue weighted by Crippen LogP contribution is 2.18. The smallest absolute Gasteiger partial charge is 0.0534 e. The lowest BCUT2D eigenvalue weighted by Gasteiger charge is -2.24. The molecule has 92 valence electrons. The van der Waals surface area contributed by atoms with Gasteiger partial charge in [0.05, 0.1) is 6.20 Å². The predicted octanol–water partition coefficient (Wildman–Crippen LogP) is 1.57. The predicted molar refractivity (Wildman–Crippen MR) is 65.2 cm³/mol. The maximum Gasteiger partial charge on any atom is 0.0534 e. The van der Waals surface area contributed by atoms with Crippen LogP contribution in [-0.2, 0) is 18.3 Å². The van der Waals surface area contributed by atoms with Crippen LogP contribution in [0.2, 0.25) is 0 Å². The Morgan fingerprint density at radius 1 is 1.50 bits per heavy atom. The molecule has 0 aliphatic carbocycles. The lowest BCUT2D eigenvalue weighted by atomic mass is 9.90. The summed E-state index contributed by atoms with van der Waals surface area (Å²) in [5, 5.41) is 7.59. The first kappa shape index (κ1) is 13.2. The van der Waals surface area contributed by atoms with E-state index in [1.807, 2.05) is 24.1 Å². The third kappa shape index (κ3) is 4.77. The third-order valence-corrected chi connectivity index (χ3v) is 2.67. The van der Waals surface area contributed by atoms with Crippen LogP contribution in [0.5, 0.6) is 0 Å². The summed E-state index contributed by atoms with van der Waals surface area (Å²) in [7, 11) is 3.69. The van der Waals surface area contributed by atoms with Gasteiger partial charge >= 0.3 is 0 Å². The van der Waals surface area contributed by atoms with Crippen LogP contribution >= 0.6 is 0 Å². The monoisotopic (exact) mass is 225 g/mol. The molecule has 0 bridgehead atoms. The quantitative estimate of drug-likeness (QED) is 0.765. The van der Waals surface area contributed by atoms with Crippen LogP contribution in [0.1, 0.15) is 25.8 Å². The van der Waals surface area contributed by atoms with Gasteiger partial charge in [-0.2, -0.15) is 5.10 Å². The fourth-order valence-corrected chi connectivity index (χ4v) is 1.58. The summed E-state index contributed by atoms with van der Waals surface area (Å²) in [5.74, 6) is 0. The average Bonchev–Trinajstić information content (AvgIpc) is 2.61. The molecule has 0 aliphatic heterocycles. The van der Waals surface area contributed by atoms with Crippen molar-refractivity contribution in [2.24, 2.45) is 12.5 Å². The van der Waals surface area contributed by atoms with Gasteiger partial charge in [0, 0.05) is 45.6 Å². The van der Waals surface area contributed by atoms with E-state index >= 15 is 0 Å². The summed E-state index contributed by atoms with van der Waals surface area (Å²) in [6.45, 7) is 7.20. The average molecular weight is 225 g/mol. The molecule has 0 saturated carbocycles. The van der Waals surface area contributed by atoms with Crippen LogP contribution in [0.15, 0.2) is 12.4 Å².